The molecule has 0 amide bonds. The molecule has 1 aromatic rings. The number of non-ortho nitro benzene ring substituents is 1. The van der Waals surface area contributed by atoms with Gasteiger partial charge in [-0.05, 0) is 12.0 Å². The summed E-state index contributed by atoms with van der Waals surface area (Å²) in [6, 6.07) is 6.21. The summed E-state index contributed by atoms with van der Waals surface area (Å²) in [7, 11) is 0. The molecule has 0 saturated carbocycles. The minimum atomic E-state index is -0.472. The second-order valence-electron chi connectivity index (χ2n) is 7.45. The summed E-state index contributed by atoms with van der Waals surface area (Å²) in [5.74, 6) is -0.856. The summed E-state index contributed by atoms with van der Waals surface area (Å²) in [5, 5.41) is 10.7. The third-order valence-corrected chi connectivity index (χ3v) is 4.82. The monoisotopic (exact) mass is 421 g/mol. The highest BCUT2D eigenvalue weighted by atomic mass is 16.6. The van der Waals surface area contributed by atoms with Crippen molar-refractivity contribution in [2.75, 3.05) is 13.2 Å². The molecular formula is C23H35NO6. The van der Waals surface area contributed by atoms with E-state index in [2.05, 4.69) is 6.92 Å². The number of unbranched alkanes of at least 4 members (excludes halogenated alkanes) is 8. The first-order valence-electron chi connectivity index (χ1n) is 11.1. The fraction of sp³-hybridized carbons (Fsp3) is 0.652. The number of hydrogen-bond donors (Lipinski definition) is 0. The Balaban J connectivity index is 2.00. The topological polar surface area (TPSA) is 95.7 Å². The van der Waals surface area contributed by atoms with Gasteiger partial charge in [-0.1, -0.05) is 70.4 Å². The maximum absolute atomic E-state index is 11.7. The number of rotatable bonds is 17. The van der Waals surface area contributed by atoms with Crippen molar-refractivity contribution in [3.63, 3.8) is 0 Å². The van der Waals surface area contributed by atoms with E-state index < -0.39 is 10.9 Å². The average molecular weight is 422 g/mol. The Labute approximate surface area is 179 Å². The molecule has 0 aromatic heterocycles. The maximum atomic E-state index is 11.7. The van der Waals surface area contributed by atoms with Crippen molar-refractivity contribution in [3.8, 4) is 0 Å². The van der Waals surface area contributed by atoms with Gasteiger partial charge in [0, 0.05) is 18.6 Å². The van der Waals surface area contributed by atoms with Crippen LogP contribution in [0.5, 0.6) is 0 Å². The number of ether oxygens (including phenoxy) is 2. The Bertz CT molecular complexity index is 646. The lowest BCUT2D eigenvalue weighted by molar-refractivity contribution is -0.384. The quantitative estimate of drug-likeness (QED) is 0.142. The lowest BCUT2D eigenvalue weighted by atomic mass is 10.1. The molecule has 0 atom stereocenters. The van der Waals surface area contributed by atoms with E-state index in [1.54, 1.807) is 12.1 Å². The molecule has 0 aliphatic carbocycles. The third kappa shape index (κ3) is 12.9. The van der Waals surface area contributed by atoms with E-state index in [0.717, 1.165) is 18.4 Å². The summed E-state index contributed by atoms with van der Waals surface area (Å²) in [5.41, 5.74) is 0.728. The number of nitro groups is 1. The van der Waals surface area contributed by atoms with Crippen molar-refractivity contribution in [2.45, 2.75) is 84.0 Å². The first-order valence-corrected chi connectivity index (χ1v) is 11.1. The van der Waals surface area contributed by atoms with Gasteiger partial charge in [0.05, 0.1) is 31.0 Å². The normalized spacial score (nSPS) is 10.6. The maximum Gasteiger partial charge on any atom is 0.306 e. The number of carbonyl (C=O) groups excluding carboxylic acids is 2. The Morgan fingerprint density at radius 1 is 0.867 bits per heavy atom. The molecule has 168 valence electrons. The van der Waals surface area contributed by atoms with E-state index in [9.17, 15) is 19.7 Å². The van der Waals surface area contributed by atoms with Crippen LogP contribution >= 0.6 is 0 Å². The minimum Gasteiger partial charge on any atom is -0.466 e. The largest absolute Gasteiger partial charge is 0.466 e. The van der Waals surface area contributed by atoms with Crippen molar-refractivity contribution < 1.29 is 24.0 Å². The Morgan fingerprint density at radius 2 is 1.43 bits per heavy atom. The fourth-order valence-corrected chi connectivity index (χ4v) is 3.06. The molecule has 0 fully saturated rings. The molecule has 1 aromatic carbocycles. The Hall–Kier alpha value is -2.44. The van der Waals surface area contributed by atoms with Gasteiger partial charge in [0.2, 0.25) is 0 Å². The molecule has 0 saturated heterocycles. The van der Waals surface area contributed by atoms with Gasteiger partial charge in [-0.15, -0.1) is 0 Å². The standard InChI is InChI=1S/C23H35NO6/c1-2-3-4-5-6-7-8-9-10-17-29-22(25)14-15-23(26)30-18-16-20-12-11-13-21(19-20)24(27)28/h11-13,19H,2-10,14-18H2,1H3. The highest BCUT2D eigenvalue weighted by Crippen LogP contribution is 2.13. The van der Waals surface area contributed by atoms with Crippen molar-refractivity contribution in [2.24, 2.45) is 0 Å². The smallest absolute Gasteiger partial charge is 0.306 e. The molecule has 1 rings (SSSR count). The predicted molar refractivity (Wildman–Crippen MR) is 115 cm³/mol. The minimum absolute atomic E-state index is 0.00701. The lowest BCUT2D eigenvalue weighted by Crippen LogP contribution is -2.12. The number of carbonyl (C=O) groups is 2. The number of esters is 2. The first-order chi connectivity index (χ1) is 14.5. The molecule has 0 unspecified atom stereocenters. The van der Waals surface area contributed by atoms with Crippen LogP contribution in [-0.2, 0) is 25.5 Å². The van der Waals surface area contributed by atoms with Crippen LogP contribution in [0.15, 0.2) is 24.3 Å². The van der Waals surface area contributed by atoms with Gasteiger partial charge in [-0.3, -0.25) is 19.7 Å². The first kappa shape index (κ1) is 25.6. The van der Waals surface area contributed by atoms with Gasteiger partial charge in [-0.25, -0.2) is 0 Å². The molecule has 7 nitrogen and oxygen atoms in total. The Morgan fingerprint density at radius 3 is 2.03 bits per heavy atom. The van der Waals surface area contributed by atoms with E-state index in [1.165, 1.54) is 57.1 Å². The summed E-state index contributed by atoms with van der Waals surface area (Å²) < 4.78 is 10.2. The second kappa shape index (κ2) is 16.4. The van der Waals surface area contributed by atoms with Crippen LogP contribution in [-0.4, -0.2) is 30.1 Å². The molecular weight excluding hydrogens is 386 g/mol. The zero-order valence-electron chi connectivity index (χ0n) is 18.1. The fourth-order valence-electron chi connectivity index (χ4n) is 3.06. The molecule has 0 bridgehead atoms. The Kier molecular flexibility index (Phi) is 14.0. The van der Waals surface area contributed by atoms with Crippen LogP contribution in [0, 0.1) is 10.1 Å². The molecule has 0 N–H and O–H groups in total. The SMILES string of the molecule is CCCCCCCCCCCOC(=O)CCC(=O)OCCc1cccc([N+](=O)[O-])c1. The molecule has 7 heteroatoms. The number of hydrogen-bond acceptors (Lipinski definition) is 6. The molecule has 30 heavy (non-hydrogen) atoms. The van der Waals surface area contributed by atoms with E-state index in [4.69, 9.17) is 9.47 Å². The van der Waals surface area contributed by atoms with E-state index in [-0.39, 0.29) is 31.1 Å². The van der Waals surface area contributed by atoms with Crippen LogP contribution in [0.1, 0.15) is 83.1 Å². The van der Waals surface area contributed by atoms with Crippen molar-refractivity contribution in [1.29, 1.82) is 0 Å². The van der Waals surface area contributed by atoms with Crippen LogP contribution in [0.25, 0.3) is 0 Å². The van der Waals surface area contributed by atoms with Gasteiger partial charge in [0.1, 0.15) is 0 Å². The van der Waals surface area contributed by atoms with E-state index in [1.807, 2.05) is 0 Å². The summed E-state index contributed by atoms with van der Waals surface area (Å²) in [6.45, 7) is 2.73. The molecule has 0 aliphatic rings. The van der Waals surface area contributed by atoms with Gasteiger partial charge in [0.15, 0.2) is 0 Å². The lowest BCUT2D eigenvalue weighted by Gasteiger charge is -2.06. The van der Waals surface area contributed by atoms with E-state index in [0.29, 0.717) is 13.0 Å². The van der Waals surface area contributed by atoms with Gasteiger partial charge in [-0.2, -0.15) is 0 Å². The summed E-state index contributed by atoms with van der Waals surface area (Å²) >= 11 is 0. The van der Waals surface area contributed by atoms with Crippen LogP contribution < -0.4 is 0 Å². The predicted octanol–water partition coefficient (Wildman–Crippen LogP) is 5.53. The van der Waals surface area contributed by atoms with Crippen LogP contribution in [0.2, 0.25) is 0 Å². The molecule has 0 spiro atoms. The molecule has 0 heterocycles. The second-order valence-corrected chi connectivity index (χ2v) is 7.45. The summed E-state index contributed by atoms with van der Waals surface area (Å²) in [6.07, 6.45) is 11.2. The van der Waals surface area contributed by atoms with Crippen LogP contribution in [0.4, 0.5) is 5.69 Å². The van der Waals surface area contributed by atoms with Crippen molar-refractivity contribution >= 4 is 17.6 Å². The van der Waals surface area contributed by atoms with Gasteiger partial charge < -0.3 is 9.47 Å². The molecule has 0 radical (unpaired) electrons. The number of nitro benzene ring substituents is 1. The highest BCUT2D eigenvalue weighted by Gasteiger charge is 2.10. The van der Waals surface area contributed by atoms with E-state index >= 15 is 0 Å². The van der Waals surface area contributed by atoms with Gasteiger partial charge >= 0.3 is 11.9 Å². The van der Waals surface area contributed by atoms with Gasteiger partial charge in [0.25, 0.3) is 5.69 Å². The number of nitrogens with zero attached hydrogens (tertiary/aromatic N) is 1. The summed E-state index contributed by atoms with van der Waals surface area (Å²) in [4.78, 5) is 33.7. The van der Waals surface area contributed by atoms with Crippen LogP contribution in [0.3, 0.4) is 0 Å². The third-order valence-electron chi connectivity index (χ3n) is 4.82. The molecule has 0 aliphatic heterocycles. The van der Waals surface area contributed by atoms with Crippen molar-refractivity contribution in [1.82, 2.24) is 0 Å². The zero-order chi connectivity index (χ0) is 22.0. The average Bonchev–Trinajstić information content (AvgIpc) is 2.73. The zero-order valence-corrected chi connectivity index (χ0v) is 18.1. The highest BCUT2D eigenvalue weighted by molar-refractivity contribution is 5.77. The van der Waals surface area contributed by atoms with Crippen molar-refractivity contribution in [3.05, 3.63) is 39.9 Å². The number of benzene rings is 1.